The predicted octanol–water partition coefficient (Wildman–Crippen LogP) is 3.19. The van der Waals surface area contributed by atoms with Crippen molar-refractivity contribution in [1.82, 2.24) is 9.47 Å². The van der Waals surface area contributed by atoms with Crippen LogP contribution in [0.5, 0.6) is 0 Å². The molecule has 0 amide bonds. The molecular formula is C18H31N3. The van der Waals surface area contributed by atoms with E-state index in [1.165, 1.54) is 56.7 Å². The molecule has 0 radical (unpaired) electrons. The Bertz CT molecular complexity index is 481. The fourth-order valence-corrected chi connectivity index (χ4v) is 4.23. The molecule has 1 aromatic rings. The van der Waals surface area contributed by atoms with Gasteiger partial charge in [0.05, 0.1) is 0 Å². The summed E-state index contributed by atoms with van der Waals surface area (Å²) in [5.74, 6) is 0.838. The van der Waals surface area contributed by atoms with Gasteiger partial charge in [0.2, 0.25) is 0 Å². The quantitative estimate of drug-likeness (QED) is 0.927. The summed E-state index contributed by atoms with van der Waals surface area (Å²) < 4.78 is 2.52. The smallest absolute Gasteiger partial charge is 0.0318 e. The van der Waals surface area contributed by atoms with Crippen molar-refractivity contribution in [3.63, 3.8) is 0 Å². The number of rotatable bonds is 3. The topological polar surface area (TPSA) is 34.2 Å². The van der Waals surface area contributed by atoms with Crippen molar-refractivity contribution in [1.29, 1.82) is 0 Å². The fraction of sp³-hybridized carbons (Fsp3) is 0.778. The first-order valence-electron chi connectivity index (χ1n) is 8.64. The van der Waals surface area contributed by atoms with Crippen LogP contribution in [0.4, 0.5) is 0 Å². The van der Waals surface area contributed by atoms with Crippen molar-refractivity contribution in [2.45, 2.75) is 59.0 Å². The van der Waals surface area contributed by atoms with Gasteiger partial charge in [0, 0.05) is 24.5 Å². The van der Waals surface area contributed by atoms with Gasteiger partial charge in [-0.25, -0.2) is 0 Å². The average Bonchev–Trinajstić information content (AvgIpc) is 2.81. The van der Waals surface area contributed by atoms with Crippen LogP contribution >= 0.6 is 0 Å². The van der Waals surface area contributed by atoms with Crippen LogP contribution in [0, 0.1) is 11.3 Å². The molecular weight excluding hydrogens is 258 g/mol. The molecule has 1 fully saturated rings. The highest BCUT2D eigenvalue weighted by Gasteiger charge is 2.32. The predicted molar refractivity (Wildman–Crippen MR) is 88.3 cm³/mol. The molecule has 1 saturated heterocycles. The van der Waals surface area contributed by atoms with Gasteiger partial charge in [-0.1, -0.05) is 20.8 Å². The molecule has 2 aliphatic rings. The Morgan fingerprint density at radius 2 is 2.00 bits per heavy atom. The fourth-order valence-electron chi connectivity index (χ4n) is 4.23. The molecule has 3 heteroatoms. The largest absolute Gasteiger partial charge is 0.351 e. The minimum Gasteiger partial charge on any atom is -0.351 e. The van der Waals surface area contributed by atoms with Gasteiger partial charge in [-0.3, -0.25) is 0 Å². The molecule has 1 atom stereocenters. The zero-order chi connectivity index (χ0) is 15.0. The molecule has 0 aromatic carbocycles. The summed E-state index contributed by atoms with van der Waals surface area (Å²) in [5, 5.41) is 0. The van der Waals surface area contributed by atoms with Crippen molar-refractivity contribution in [3.05, 3.63) is 23.5 Å². The molecule has 1 aromatic heterocycles. The Kier molecular flexibility index (Phi) is 4.15. The van der Waals surface area contributed by atoms with E-state index in [1.807, 2.05) is 0 Å². The molecule has 2 heterocycles. The Labute approximate surface area is 129 Å². The molecule has 0 spiro atoms. The van der Waals surface area contributed by atoms with E-state index in [1.54, 1.807) is 0 Å². The third-order valence-corrected chi connectivity index (χ3v) is 5.54. The highest BCUT2D eigenvalue weighted by Crippen LogP contribution is 2.40. The molecule has 1 aliphatic heterocycles. The summed E-state index contributed by atoms with van der Waals surface area (Å²) in [5.41, 5.74) is 9.64. The first-order valence-corrected chi connectivity index (χ1v) is 8.64. The Morgan fingerprint density at radius 1 is 1.29 bits per heavy atom. The maximum absolute atomic E-state index is 6.38. The number of hydrogen-bond acceptors (Lipinski definition) is 2. The van der Waals surface area contributed by atoms with E-state index in [4.69, 9.17) is 5.73 Å². The van der Waals surface area contributed by atoms with E-state index < -0.39 is 0 Å². The minimum atomic E-state index is 0.229. The molecule has 118 valence electrons. The zero-order valence-electron chi connectivity index (χ0n) is 13.9. The van der Waals surface area contributed by atoms with E-state index in [0.29, 0.717) is 5.41 Å². The summed E-state index contributed by atoms with van der Waals surface area (Å²) in [7, 11) is 0. The van der Waals surface area contributed by atoms with E-state index >= 15 is 0 Å². The second-order valence-electron chi connectivity index (χ2n) is 7.90. The van der Waals surface area contributed by atoms with Crippen molar-refractivity contribution in [2.75, 3.05) is 19.6 Å². The van der Waals surface area contributed by atoms with Gasteiger partial charge in [0.1, 0.15) is 0 Å². The molecule has 2 N–H and O–H groups in total. The van der Waals surface area contributed by atoms with Crippen LogP contribution < -0.4 is 5.73 Å². The standard InChI is InChI=1S/C18H31N3/c1-4-20-8-5-14(6-9-20)13-21-10-7-15-16(19)11-18(2,3)12-17(15)21/h7,10,14,16H,4-6,8-9,11-13,19H2,1-3H3. The molecule has 3 nitrogen and oxygen atoms in total. The van der Waals surface area contributed by atoms with Crippen molar-refractivity contribution in [3.8, 4) is 0 Å². The summed E-state index contributed by atoms with van der Waals surface area (Å²) >= 11 is 0. The highest BCUT2D eigenvalue weighted by molar-refractivity contribution is 5.30. The monoisotopic (exact) mass is 289 g/mol. The lowest BCUT2D eigenvalue weighted by atomic mass is 9.74. The number of aromatic nitrogens is 1. The van der Waals surface area contributed by atoms with Crippen LogP contribution in [0.1, 0.15) is 57.3 Å². The highest BCUT2D eigenvalue weighted by atomic mass is 15.1. The molecule has 0 saturated carbocycles. The number of hydrogen-bond donors (Lipinski definition) is 1. The van der Waals surface area contributed by atoms with Crippen LogP contribution in [0.15, 0.2) is 12.3 Å². The Hall–Kier alpha value is -0.800. The third kappa shape index (κ3) is 3.19. The van der Waals surface area contributed by atoms with Gasteiger partial charge in [-0.15, -0.1) is 0 Å². The van der Waals surface area contributed by atoms with Gasteiger partial charge in [-0.05, 0) is 68.3 Å². The summed E-state index contributed by atoms with van der Waals surface area (Å²) in [4.78, 5) is 2.57. The maximum atomic E-state index is 6.38. The summed E-state index contributed by atoms with van der Waals surface area (Å²) in [6, 6.07) is 2.50. The third-order valence-electron chi connectivity index (χ3n) is 5.54. The molecule has 1 unspecified atom stereocenters. The number of piperidine rings is 1. The van der Waals surface area contributed by atoms with Crippen LogP contribution in [0.3, 0.4) is 0 Å². The van der Waals surface area contributed by atoms with E-state index in [-0.39, 0.29) is 6.04 Å². The van der Waals surface area contributed by atoms with Gasteiger partial charge in [0.25, 0.3) is 0 Å². The van der Waals surface area contributed by atoms with Crippen molar-refractivity contribution >= 4 is 0 Å². The minimum absolute atomic E-state index is 0.229. The molecule has 21 heavy (non-hydrogen) atoms. The SMILES string of the molecule is CCN1CCC(Cn2ccc3c2CC(C)(C)CC3N)CC1. The van der Waals surface area contributed by atoms with Crippen LogP contribution in [0.25, 0.3) is 0 Å². The maximum Gasteiger partial charge on any atom is 0.0318 e. The normalized spacial score (nSPS) is 26.8. The van der Waals surface area contributed by atoms with Gasteiger partial charge in [-0.2, -0.15) is 0 Å². The lowest BCUT2D eigenvalue weighted by Crippen LogP contribution is -2.35. The van der Waals surface area contributed by atoms with E-state index in [0.717, 1.165) is 12.3 Å². The molecule has 3 rings (SSSR count). The van der Waals surface area contributed by atoms with Crippen LogP contribution in [-0.2, 0) is 13.0 Å². The molecule has 0 bridgehead atoms. The van der Waals surface area contributed by atoms with Gasteiger partial charge in [0.15, 0.2) is 0 Å². The average molecular weight is 289 g/mol. The van der Waals surface area contributed by atoms with Crippen molar-refractivity contribution in [2.24, 2.45) is 17.1 Å². The second kappa shape index (κ2) is 5.77. The lowest BCUT2D eigenvalue weighted by molar-refractivity contribution is 0.179. The number of likely N-dealkylation sites (tertiary alicyclic amines) is 1. The molecule has 1 aliphatic carbocycles. The van der Waals surface area contributed by atoms with Gasteiger partial charge < -0.3 is 15.2 Å². The zero-order valence-corrected chi connectivity index (χ0v) is 13.9. The van der Waals surface area contributed by atoms with Crippen LogP contribution in [0.2, 0.25) is 0 Å². The van der Waals surface area contributed by atoms with Gasteiger partial charge >= 0.3 is 0 Å². The first kappa shape index (κ1) is 15.1. The lowest BCUT2D eigenvalue weighted by Gasteiger charge is -2.36. The number of nitrogens with two attached hydrogens (primary N) is 1. The number of nitrogens with zero attached hydrogens (tertiary/aromatic N) is 2. The number of fused-ring (bicyclic) bond motifs is 1. The first-order chi connectivity index (χ1) is 9.98. The Balaban J connectivity index is 1.70. The van der Waals surface area contributed by atoms with E-state index in [2.05, 4.69) is 42.5 Å². The summed E-state index contributed by atoms with van der Waals surface area (Å²) in [6.07, 6.45) is 7.26. The second-order valence-corrected chi connectivity index (χ2v) is 7.90. The summed E-state index contributed by atoms with van der Waals surface area (Å²) in [6.45, 7) is 11.9. The Morgan fingerprint density at radius 3 is 2.67 bits per heavy atom. The van der Waals surface area contributed by atoms with E-state index in [9.17, 15) is 0 Å². The van der Waals surface area contributed by atoms with Crippen LogP contribution in [-0.4, -0.2) is 29.1 Å². The van der Waals surface area contributed by atoms with Crippen molar-refractivity contribution < 1.29 is 0 Å².